The molecule has 0 bridgehead atoms. The van der Waals surface area contributed by atoms with Crippen molar-refractivity contribution in [2.45, 2.75) is 39.7 Å². The summed E-state index contributed by atoms with van der Waals surface area (Å²) in [5.41, 5.74) is 3.96. The lowest BCUT2D eigenvalue weighted by Gasteiger charge is -2.29. The first-order valence-electron chi connectivity index (χ1n) is 9.60. The highest BCUT2D eigenvalue weighted by Crippen LogP contribution is 2.47. The summed E-state index contributed by atoms with van der Waals surface area (Å²) in [7, 11) is 1.43. The van der Waals surface area contributed by atoms with E-state index >= 15 is 0 Å². The van der Waals surface area contributed by atoms with E-state index in [-0.39, 0.29) is 46.5 Å². The zero-order valence-electron chi connectivity index (χ0n) is 17.6. The van der Waals surface area contributed by atoms with E-state index in [1.54, 1.807) is 0 Å². The molecule has 0 spiro atoms. The van der Waals surface area contributed by atoms with Crippen molar-refractivity contribution in [2.75, 3.05) is 7.11 Å². The van der Waals surface area contributed by atoms with Gasteiger partial charge in [0.25, 0.3) is 0 Å². The fourth-order valence-electron chi connectivity index (χ4n) is 3.75. The predicted octanol–water partition coefficient (Wildman–Crippen LogP) is 4.97. The van der Waals surface area contributed by atoms with E-state index < -0.39 is 6.10 Å². The number of allylic oxidation sites excluding steroid dienone is 3. The Bertz CT molecular complexity index is 1060. The maximum Gasteiger partial charge on any atom is 0.174 e. The fraction of sp³-hybridized carbons (Fsp3) is 0.292. The third-order valence-corrected chi connectivity index (χ3v) is 5.29. The van der Waals surface area contributed by atoms with Gasteiger partial charge < -0.3 is 24.8 Å². The van der Waals surface area contributed by atoms with Gasteiger partial charge in [-0.1, -0.05) is 17.7 Å². The smallest absolute Gasteiger partial charge is 0.174 e. The average Bonchev–Trinajstić information content (AvgIpc) is 2.65. The SMILES string of the molecule is C=C(C)C(Cc1c(O)cc(OC)c2c1O[C@H](c1ccc(O)cc1O)CC2=O)=C(C)C. The summed E-state index contributed by atoms with van der Waals surface area (Å²) < 4.78 is 11.5. The summed E-state index contributed by atoms with van der Waals surface area (Å²) in [4.78, 5) is 13.0. The number of ether oxygens (including phenoxy) is 2. The molecule has 1 aliphatic heterocycles. The number of ketones is 1. The standard InChI is InChI=1S/C24H26O6/c1-12(2)16(13(3)4)9-17-19(27)10-22(29-5)23-20(28)11-21(30-24(17)23)15-7-6-14(25)8-18(15)26/h6-8,10,21,25-27H,1,9,11H2,2-5H3/t21-/m0/s1. The lowest BCUT2D eigenvalue weighted by Crippen LogP contribution is -2.22. The first kappa shape index (κ1) is 21.3. The minimum atomic E-state index is -0.768. The molecule has 0 amide bonds. The van der Waals surface area contributed by atoms with Crippen molar-refractivity contribution in [1.29, 1.82) is 0 Å². The van der Waals surface area contributed by atoms with E-state index in [1.165, 1.54) is 31.4 Å². The minimum Gasteiger partial charge on any atom is -0.508 e. The largest absolute Gasteiger partial charge is 0.508 e. The van der Waals surface area contributed by atoms with E-state index in [0.29, 0.717) is 17.5 Å². The number of phenolic OH excluding ortho intramolecular Hbond substituents is 3. The number of benzene rings is 2. The van der Waals surface area contributed by atoms with Crippen LogP contribution >= 0.6 is 0 Å². The molecule has 3 rings (SSSR count). The molecule has 3 N–H and O–H groups in total. The van der Waals surface area contributed by atoms with Gasteiger partial charge in [0.1, 0.15) is 40.4 Å². The molecule has 1 heterocycles. The second-order valence-corrected chi connectivity index (χ2v) is 7.69. The zero-order valence-corrected chi connectivity index (χ0v) is 17.6. The third-order valence-electron chi connectivity index (χ3n) is 5.29. The van der Waals surface area contributed by atoms with Crippen LogP contribution in [0.4, 0.5) is 0 Å². The van der Waals surface area contributed by atoms with Crippen LogP contribution in [0.25, 0.3) is 0 Å². The molecule has 0 aliphatic carbocycles. The second kappa shape index (κ2) is 8.14. The maximum atomic E-state index is 13.0. The van der Waals surface area contributed by atoms with Crippen LogP contribution < -0.4 is 9.47 Å². The highest BCUT2D eigenvalue weighted by molar-refractivity contribution is 6.03. The Morgan fingerprint density at radius 3 is 2.43 bits per heavy atom. The zero-order chi connectivity index (χ0) is 22.2. The van der Waals surface area contributed by atoms with Crippen molar-refractivity contribution in [2.24, 2.45) is 0 Å². The van der Waals surface area contributed by atoms with E-state index in [1.807, 2.05) is 20.8 Å². The summed E-state index contributed by atoms with van der Waals surface area (Å²) in [6.45, 7) is 9.82. The molecule has 0 fully saturated rings. The molecule has 1 aliphatic rings. The average molecular weight is 410 g/mol. The normalized spacial score (nSPS) is 15.2. The van der Waals surface area contributed by atoms with Crippen LogP contribution in [-0.2, 0) is 6.42 Å². The molecule has 30 heavy (non-hydrogen) atoms. The minimum absolute atomic E-state index is 0.0120. The molecule has 0 aromatic heterocycles. The van der Waals surface area contributed by atoms with Crippen LogP contribution in [0.1, 0.15) is 54.8 Å². The van der Waals surface area contributed by atoms with Crippen LogP contribution in [0.2, 0.25) is 0 Å². The van der Waals surface area contributed by atoms with E-state index in [2.05, 4.69) is 6.58 Å². The maximum absolute atomic E-state index is 13.0. The van der Waals surface area contributed by atoms with Crippen LogP contribution in [0.15, 0.2) is 47.6 Å². The molecule has 2 aromatic rings. The molecule has 0 saturated heterocycles. The van der Waals surface area contributed by atoms with Gasteiger partial charge >= 0.3 is 0 Å². The van der Waals surface area contributed by atoms with Crippen molar-refractivity contribution in [3.63, 3.8) is 0 Å². The quantitative estimate of drug-likeness (QED) is 0.602. The number of fused-ring (bicyclic) bond motifs is 1. The Morgan fingerprint density at radius 1 is 1.17 bits per heavy atom. The van der Waals surface area contributed by atoms with Gasteiger partial charge in [0.15, 0.2) is 5.78 Å². The van der Waals surface area contributed by atoms with Crippen molar-refractivity contribution in [3.05, 3.63) is 64.3 Å². The lowest BCUT2D eigenvalue weighted by molar-refractivity contribution is 0.0839. The highest BCUT2D eigenvalue weighted by atomic mass is 16.5. The number of aromatic hydroxyl groups is 3. The molecule has 2 aromatic carbocycles. The van der Waals surface area contributed by atoms with Gasteiger partial charge in [-0.2, -0.15) is 0 Å². The summed E-state index contributed by atoms with van der Waals surface area (Å²) in [5, 5.41) is 30.5. The van der Waals surface area contributed by atoms with Gasteiger partial charge in [0, 0.05) is 29.7 Å². The Balaban J connectivity index is 2.17. The fourth-order valence-corrected chi connectivity index (χ4v) is 3.75. The predicted molar refractivity (Wildman–Crippen MR) is 114 cm³/mol. The van der Waals surface area contributed by atoms with Gasteiger partial charge in [-0.25, -0.2) is 0 Å². The van der Waals surface area contributed by atoms with Crippen molar-refractivity contribution >= 4 is 5.78 Å². The summed E-state index contributed by atoms with van der Waals surface area (Å²) >= 11 is 0. The van der Waals surface area contributed by atoms with Gasteiger partial charge in [0.2, 0.25) is 0 Å². The number of carbonyl (C=O) groups excluding carboxylic acids is 1. The Morgan fingerprint density at radius 2 is 1.87 bits per heavy atom. The summed E-state index contributed by atoms with van der Waals surface area (Å²) in [6, 6.07) is 5.56. The topological polar surface area (TPSA) is 96.2 Å². The molecule has 6 nitrogen and oxygen atoms in total. The van der Waals surface area contributed by atoms with Crippen molar-refractivity contribution < 1.29 is 29.6 Å². The number of phenols is 3. The number of rotatable bonds is 5. The first-order valence-corrected chi connectivity index (χ1v) is 9.60. The van der Waals surface area contributed by atoms with E-state index in [4.69, 9.17) is 9.47 Å². The van der Waals surface area contributed by atoms with Crippen LogP contribution in [0.5, 0.6) is 28.7 Å². The van der Waals surface area contributed by atoms with Gasteiger partial charge in [-0.05, 0) is 38.5 Å². The van der Waals surface area contributed by atoms with Crippen molar-refractivity contribution in [1.82, 2.24) is 0 Å². The van der Waals surface area contributed by atoms with E-state index in [9.17, 15) is 20.1 Å². The van der Waals surface area contributed by atoms with Gasteiger partial charge in [0.05, 0.1) is 13.5 Å². The summed E-state index contributed by atoms with van der Waals surface area (Å²) in [6.07, 6.45) is -0.449. The Labute approximate surface area is 175 Å². The second-order valence-electron chi connectivity index (χ2n) is 7.69. The molecular weight excluding hydrogens is 384 g/mol. The van der Waals surface area contributed by atoms with Crippen molar-refractivity contribution in [3.8, 4) is 28.7 Å². The molecule has 6 heteroatoms. The molecule has 0 radical (unpaired) electrons. The molecule has 1 atom stereocenters. The van der Waals surface area contributed by atoms with Crippen LogP contribution in [0.3, 0.4) is 0 Å². The number of methoxy groups -OCH3 is 1. The monoisotopic (exact) mass is 410 g/mol. The number of hydrogen-bond donors (Lipinski definition) is 3. The molecule has 0 saturated carbocycles. The van der Waals surface area contributed by atoms with Gasteiger partial charge in [-0.3, -0.25) is 4.79 Å². The highest BCUT2D eigenvalue weighted by Gasteiger charge is 2.35. The number of Topliss-reactive ketones (excluding diaryl/α,β-unsaturated/α-hetero) is 1. The van der Waals surface area contributed by atoms with E-state index in [0.717, 1.165) is 16.7 Å². The first-order chi connectivity index (χ1) is 14.1. The third kappa shape index (κ3) is 3.85. The summed E-state index contributed by atoms with van der Waals surface area (Å²) in [5.74, 6) is -0.0561. The molecule has 158 valence electrons. The van der Waals surface area contributed by atoms with Crippen LogP contribution in [0, 0.1) is 0 Å². The Kier molecular flexibility index (Phi) is 5.78. The Hall–Kier alpha value is -3.41. The number of hydrogen-bond acceptors (Lipinski definition) is 6. The molecule has 0 unspecified atom stereocenters. The van der Waals surface area contributed by atoms with Crippen LogP contribution in [-0.4, -0.2) is 28.2 Å². The van der Waals surface area contributed by atoms with Gasteiger partial charge in [-0.15, -0.1) is 0 Å². The molecular formula is C24H26O6. The number of carbonyl (C=O) groups is 1. The lowest BCUT2D eigenvalue weighted by atomic mass is 9.89.